The summed E-state index contributed by atoms with van der Waals surface area (Å²) in [7, 11) is 0. The molecule has 1 atom stereocenters. The summed E-state index contributed by atoms with van der Waals surface area (Å²) in [6.45, 7) is 4.47. The van der Waals surface area contributed by atoms with Gasteiger partial charge in [-0.1, -0.05) is 6.92 Å². The van der Waals surface area contributed by atoms with Crippen molar-refractivity contribution in [1.29, 1.82) is 0 Å². The first-order chi connectivity index (χ1) is 11.3. The maximum absolute atomic E-state index is 12.6. The molecule has 1 aromatic heterocycles. The van der Waals surface area contributed by atoms with Crippen molar-refractivity contribution in [1.82, 2.24) is 14.8 Å². The van der Waals surface area contributed by atoms with Crippen molar-refractivity contribution >= 4 is 5.91 Å². The van der Waals surface area contributed by atoms with Gasteiger partial charge in [-0.3, -0.25) is 9.69 Å². The van der Waals surface area contributed by atoms with E-state index in [1.54, 1.807) is 17.0 Å². The molecular weight excluding hydrogens is 323 g/mol. The summed E-state index contributed by atoms with van der Waals surface area (Å²) in [4.78, 5) is 19.6. The number of alkyl halides is 3. The number of nitrogens with zero attached hydrogens (tertiary/aromatic N) is 3. The fourth-order valence-electron chi connectivity index (χ4n) is 2.82. The number of halogens is 3. The number of pyridine rings is 1. The van der Waals surface area contributed by atoms with Crippen LogP contribution < -0.4 is 4.74 Å². The van der Waals surface area contributed by atoms with Crippen molar-refractivity contribution in [2.24, 2.45) is 5.92 Å². The molecule has 0 spiro atoms. The van der Waals surface area contributed by atoms with Gasteiger partial charge in [-0.05, 0) is 18.9 Å². The first kappa shape index (κ1) is 18.5. The van der Waals surface area contributed by atoms with E-state index in [0.29, 0.717) is 31.1 Å². The van der Waals surface area contributed by atoms with Gasteiger partial charge in [0.15, 0.2) is 0 Å². The van der Waals surface area contributed by atoms with E-state index in [9.17, 15) is 18.0 Å². The van der Waals surface area contributed by atoms with Crippen LogP contribution in [-0.4, -0.2) is 66.2 Å². The predicted molar refractivity (Wildman–Crippen MR) is 83.0 cm³/mol. The van der Waals surface area contributed by atoms with Crippen molar-refractivity contribution in [3.05, 3.63) is 23.9 Å². The van der Waals surface area contributed by atoms with Gasteiger partial charge < -0.3 is 9.64 Å². The molecule has 2 heterocycles. The van der Waals surface area contributed by atoms with Gasteiger partial charge in [-0.2, -0.15) is 13.2 Å². The number of ether oxygens (including phenoxy) is 1. The Hall–Kier alpha value is -1.83. The predicted octanol–water partition coefficient (Wildman–Crippen LogP) is 2.44. The zero-order valence-corrected chi connectivity index (χ0v) is 13.8. The Labute approximate surface area is 139 Å². The third-order valence-corrected chi connectivity index (χ3v) is 3.75. The van der Waals surface area contributed by atoms with Crippen LogP contribution in [0.2, 0.25) is 0 Å². The average Bonchev–Trinajstić information content (AvgIpc) is 2.67. The SMILES string of the molecule is CCOc1ccc(C(=O)N2CCN(CC(F)(F)F)CC(C)C2)cn1. The van der Waals surface area contributed by atoms with Crippen molar-refractivity contribution in [2.75, 3.05) is 39.3 Å². The van der Waals surface area contributed by atoms with E-state index >= 15 is 0 Å². The molecular formula is C16H22F3N3O2. The van der Waals surface area contributed by atoms with E-state index in [1.165, 1.54) is 11.1 Å². The Bertz CT molecular complexity index is 548. The third-order valence-electron chi connectivity index (χ3n) is 3.75. The van der Waals surface area contributed by atoms with E-state index in [0.717, 1.165) is 0 Å². The molecule has 1 saturated heterocycles. The van der Waals surface area contributed by atoms with E-state index < -0.39 is 12.7 Å². The Balaban J connectivity index is 2.01. The van der Waals surface area contributed by atoms with Gasteiger partial charge in [-0.25, -0.2) is 4.98 Å². The minimum atomic E-state index is -4.22. The fourth-order valence-corrected chi connectivity index (χ4v) is 2.82. The van der Waals surface area contributed by atoms with Crippen LogP contribution >= 0.6 is 0 Å². The monoisotopic (exact) mass is 345 g/mol. The van der Waals surface area contributed by atoms with Crippen molar-refractivity contribution in [2.45, 2.75) is 20.0 Å². The lowest BCUT2D eigenvalue weighted by atomic mass is 10.1. The number of amides is 1. The van der Waals surface area contributed by atoms with Gasteiger partial charge in [0.25, 0.3) is 5.91 Å². The Morgan fingerprint density at radius 3 is 2.67 bits per heavy atom. The van der Waals surface area contributed by atoms with E-state index in [4.69, 9.17) is 4.74 Å². The molecule has 0 aliphatic carbocycles. The third kappa shape index (κ3) is 5.36. The summed E-state index contributed by atoms with van der Waals surface area (Å²) in [5, 5.41) is 0. The summed E-state index contributed by atoms with van der Waals surface area (Å²) in [5.74, 6) is 0.190. The summed E-state index contributed by atoms with van der Waals surface area (Å²) in [6, 6.07) is 3.25. The fraction of sp³-hybridized carbons (Fsp3) is 0.625. The summed E-state index contributed by atoms with van der Waals surface area (Å²) in [6.07, 6.45) is -2.78. The molecule has 0 bridgehead atoms. The standard InChI is InChI=1S/C16H22F3N3O2/c1-3-24-14-5-4-13(8-20-14)15(23)22-7-6-21(9-12(2)10-22)11-16(17,18)19/h4-5,8,12H,3,6-7,9-11H2,1-2H3. The highest BCUT2D eigenvalue weighted by Gasteiger charge is 2.33. The van der Waals surface area contributed by atoms with Crippen LogP contribution in [0.25, 0.3) is 0 Å². The molecule has 2 rings (SSSR count). The first-order valence-electron chi connectivity index (χ1n) is 7.95. The van der Waals surface area contributed by atoms with Gasteiger partial charge in [0.1, 0.15) is 0 Å². The number of carbonyl (C=O) groups excluding carboxylic acids is 1. The van der Waals surface area contributed by atoms with Crippen molar-refractivity contribution < 1.29 is 22.7 Å². The molecule has 1 aliphatic rings. The molecule has 0 saturated carbocycles. The van der Waals surface area contributed by atoms with Crippen LogP contribution in [0.4, 0.5) is 13.2 Å². The van der Waals surface area contributed by atoms with Gasteiger partial charge in [0.05, 0.1) is 18.7 Å². The Kier molecular flexibility index (Phi) is 6.04. The number of carbonyl (C=O) groups is 1. The van der Waals surface area contributed by atoms with Crippen LogP contribution in [-0.2, 0) is 0 Å². The van der Waals surface area contributed by atoms with E-state index in [-0.39, 0.29) is 24.9 Å². The zero-order valence-electron chi connectivity index (χ0n) is 13.8. The van der Waals surface area contributed by atoms with Crippen molar-refractivity contribution in [3.8, 4) is 5.88 Å². The van der Waals surface area contributed by atoms with Crippen LogP contribution in [0, 0.1) is 5.92 Å². The number of aromatic nitrogens is 1. The smallest absolute Gasteiger partial charge is 0.401 e. The molecule has 0 aromatic carbocycles. The topological polar surface area (TPSA) is 45.7 Å². The highest BCUT2D eigenvalue weighted by molar-refractivity contribution is 5.94. The normalized spacial score (nSPS) is 19.9. The number of hydrogen-bond acceptors (Lipinski definition) is 4. The Morgan fingerprint density at radius 2 is 2.08 bits per heavy atom. The molecule has 1 amide bonds. The average molecular weight is 345 g/mol. The van der Waals surface area contributed by atoms with Crippen LogP contribution in [0.1, 0.15) is 24.2 Å². The lowest BCUT2D eigenvalue weighted by Crippen LogP contribution is -2.38. The summed E-state index contributed by atoms with van der Waals surface area (Å²) in [5.41, 5.74) is 0.412. The zero-order chi connectivity index (χ0) is 17.7. The maximum Gasteiger partial charge on any atom is 0.401 e. The summed E-state index contributed by atoms with van der Waals surface area (Å²) < 4.78 is 43.0. The van der Waals surface area contributed by atoms with Gasteiger partial charge in [0, 0.05) is 38.4 Å². The maximum atomic E-state index is 12.6. The molecule has 0 radical (unpaired) electrons. The second-order valence-corrected chi connectivity index (χ2v) is 6.02. The second-order valence-electron chi connectivity index (χ2n) is 6.02. The summed E-state index contributed by atoms with van der Waals surface area (Å²) >= 11 is 0. The molecule has 1 fully saturated rings. The highest BCUT2D eigenvalue weighted by atomic mass is 19.4. The van der Waals surface area contributed by atoms with Crippen LogP contribution in [0.15, 0.2) is 18.3 Å². The molecule has 1 unspecified atom stereocenters. The lowest BCUT2D eigenvalue weighted by molar-refractivity contribution is -0.146. The van der Waals surface area contributed by atoms with Gasteiger partial charge >= 0.3 is 6.18 Å². The Morgan fingerprint density at radius 1 is 1.33 bits per heavy atom. The minimum Gasteiger partial charge on any atom is -0.478 e. The minimum absolute atomic E-state index is 0.0329. The largest absolute Gasteiger partial charge is 0.478 e. The molecule has 24 heavy (non-hydrogen) atoms. The lowest BCUT2D eigenvalue weighted by Gasteiger charge is -2.22. The number of rotatable bonds is 4. The second kappa shape index (κ2) is 7.83. The molecule has 0 N–H and O–H groups in total. The van der Waals surface area contributed by atoms with E-state index in [2.05, 4.69) is 4.98 Å². The van der Waals surface area contributed by atoms with E-state index in [1.807, 2.05) is 13.8 Å². The first-order valence-corrected chi connectivity index (χ1v) is 7.95. The van der Waals surface area contributed by atoms with Gasteiger partial charge in [0.2, 0.25) is 5.88 Å². The number of hydrogen-bond donors (Lipinski definition) is 0. The molecule has 134 valence electrons. The molecule has 5 nitrogen and oxygen atoms in total. The van der Waals surface area contributed by atoms with Crippen LogP contribution in [0.3, 0.4) is 0 Å². The molecule has 1 aromatic rings. The van der Waals surface area contributed by atoms with Crippen molar-refractivity contribution in [3.63, 3.8) is 0 Å². The molecule has 8 heteroatoms. The quantitative estimate of drug-likeness (QED) is 0.841. The molecule has 1 aliphatic heterocycles. The van der Waals surface area contributed by atoms with Crippen LogP contribution in [0.5, 0.6) is 5.88 Å². The van der Waals surface area contributed by atoms with Gasteiger partial charge in [-0.15, -0.1) is 0 Å². The highest BCUT2D eigenvalue weighted by Crippen LogP contribution is 2.20.